The molecule has 2 aliphatic rings. The van der Waals surface area contributed by atoms with Crippen molar-refractivity contribution in [2.24, 2.45) is 0 Å². The molecule has 8 heteroatoms. The zero-order valence-corrected chi connectivity index (χ0v) is 21.3. The van der Waals surface area contributed by atoms with Gasteiger partial charge in [0.15, 0.2) is 11.5 Å². The zero-order valence-electron chi connectivity index (χ0n) is 19.6. The second kappa shape index (κ2) is 9.32. The van der Waals surface area contributed by atoms with Crippen molar-refractivity contribution in [3.8, 4) is 11.5 Å². The van der Waals surface area contributed by atoms with Crippen LogP contribution in [0, 0.1) is 0 Å². The van der Waals surface area contributed by atoms with E-state index in [1.807, 2.05) is 64.2 Å². The smallest absolute Gasteiger partial charge is 0.412 e. The minimum absolute atomic E-state index is 0.0870. The van der Waals surface area contributed by atoms with E-state index < -0.39 is 11.3 Å². The molecule has 3 rings (SSSR count). The number of rotatable bonds is 5. The maximum Gasteiger partial charge on any atom is 0.412 e. The highest BCUT2D eigenvalue weighted by Gasteiger charge is 2.50. The second-order valence-corrected chi connectivity index (χ2v) is 12.4. The van der Waals surface area contributed by atoms with Crippen LogP contribution in [0.1, 0.15) is 53.0 Å². The topological polar surface area (TPSA) is 57.2 Å². The van der Waals surface area contributed by atoms with E-state index in [9.17, 15) is 4.79 Å². The first-order valence-electron chi connectivity index (χ1n) is 10.7. The van der Waals surface area contributed by atoms with E-state index in [4.69, 9.17) is 18.9 Å². The predicted molar refractivity (Wildman–Crippen MR) is 127 cm³/mol. The summed E-state index contributed by atoms with van der Waals surface area (Å²) in [6.45, 7) is 10.0. The SMILES string of the molecule is COc1ccc(C2(C[C@H]3COC(C)(C)N3C(=O)OC(C)(C)C)SCCCS2)cc1OC. The van der Waals surface area contributed by atoms with Gasteiger partial charge in [0.05, 0.1) is 30.9 Å². The van der Waals surface area contributed by atoms with Gasteiger partial charge in [0.25, 0.3) is 0 Å². The summed E-state index contributed by atoms with van der Waals surface area (Å²) in [5.41, 5.74) is -0.0976. The fraction of sp³-hybridized carbons (Fsp3) is 0.696. The second-order valence-electron chi connectivity index (χ2n) is 9.34. The van der Waals surface area contributed by atoms with Gasteiger partial charge in [0.1, 0.15) is 11.3 Å². The van der Waals surface area contributed by atoms with Gasteiger partial charge < -0.3 is 18.9 Å². The van der Waals surface area contributed by atoms with E-state index in [2.05, 4.69) is 12.1 Å². The predicted octanol–water partition coefficient (Wildman–Crippen LogP) is 5.49. The number of nitrogens with zero attached hydrogens (tertiary/aromatic N) is 1. The third kappa shape index (κ3) is 5.40. The van der Waals surface area contributed by atoms with Crippen molar-refractivity contribution >= 4 is 29.6 Å². The van der Waals surface area contributed by atoms with Gasteiger partial charge in [-0.15, -0.1) is 23.5 Å². The lowest BCUT2D eigenvalue weighted by Crippen LogP contribution is -2.51. The molecule has 0 radical (unpaired) electrons. The van der Waals surface area contributed by atoms with Gasteiger partial charge in [0, 0.05) is 0 Å². The Morgan fingerprint density at radius 2 is 1.81 bits per heavy atom. The molecular weight excluding hydrogens is 434 g/mol. The first kappa shape index (κ1) is 24.4. The highest BCUT2D eigenvalue weighted by Crippen LogP contribution is 2.55. The minimum atomic E-state index is -0.713. The van der Waals surface area contributed by atoms with E-state index in [0.29, 0.717) is 12.4 Å². The van der Waals surface area contributed by atoms with Crippen LogP contribution in [0.5, 0.6) is 11.5 Å². The molecule has 0 aromatic heterocycles. The molecule has 0 spiro atoms. The van der Waals surface area contributed by atoms with Gasteiger partial charge >= 0.3 is 6.09 Å². The molecule has 0 N–H and O–H groups in total. The molecule has 2 fully saturated rings. The van der Waals surface area contributed by atoms with Crippen LogP contribution >= 0.6 is 23.5 Å². The van der Waals surface area contributed by atoms with Crippen LogP contribution in [0.3, 0.4) is 0 Å². The molecule has 0 aliphatic carbocycles. The zero-order chi connectivity index (χ0) is 22.9. The lowest BCUT2D eigenvalue weighted by molar-refractivity contribution is -0.0627. The van der Waals surface area contributed by atoms with Gasteiger partial charge in [0.2, 0.25) is 0 Å². The Morgan fingerprint density at radius 3 is 2.39 bits per heavy atom. The number of amides is 1. The van der Waals surface area contributed by atoms with E-state index in [1.54, 1.807) is 19.1 Å². The Kier molecular flexibility index (Phi) is 7.33. The highest BCUT2D eigenvalue weighted by molar-refractivity contribution is 8.18. The summed E-state index contributed by atoms with van der Waals surface area (Å²) in [5.74, 6) is 3.58. The van der Waals surface area contributed by atoms with Crippen molar-refractivity contribution in [1.82, 2.24) is 4.90 Å². The Morgan fingerprint density at radius 1 is 1.16 bits per heavy atom. The number of carbonyl (C=O) groups is 1. The summed E-state index contributed by atoms with van der Waals surface area (Å²) in [6.07, 6.45) is 1.61. The molecule has 2 aliphatic heterocycles. The number of methoxy groups -OCH3 is 2. The molecule has 0 bridgehead atoms. The summed E-state index contributed by atoms with van der Waals surface area (Å²) in [7, 11) is 3.31. The summed E-state index contributed by atoms with van der Waals surface area (Å²) >= 11 is 3.89. The minimum Gasteiger partial charge on any atom is -0.493 e. The number of hydrogen-bond acceptors (Lipinski definition) is 7. The van der Waals surface area contributed by atoms with Gasteiger partial charge in [-0.05, 0) is 76.7 Å². The molecule has 174 valence electrons. The number of thioether (sulfide) groups is 2. The van der Waals surface area contributed by atoms with Crippen molar-refractivity contribution in [2.75, 3.05) is 32.3 Å². The van der Waals surface area contributed by atoms with Gasteiger partial charge in [-0.25, -0.2) is 4.79 Å². The molecule has 2 heterocycles. The molecule has 31 heavy (non-hydrogen) atoms. The summed E-state index contributed by atoms with van der Waals surface area (Å²) in [5, 5.41) is 0. The molecular formula is C23H35NO5S2. The Balaban J connectivity index is 1.94. The normalized spacial score (nSPS) is 22.8. The Hall–Kier alpha value is -1.25. The largest absolute Gasteiger partial charge is 0.493 e. The summed E-state index contributed by atoms with van der Waals surface area (Å²) < 4.78 is 22.6. The van der Waals surface area contributed by atoms with Crippen molar-refractivity contribution in [2.45, 2.75) is 68.9 Å². The number of hydrogen-bond donors (Lipinski definition) is 0. The van der Waals surface area contributed by atoms with Crippen molar-refractivity contribution in [3.63, 3.8) is 0 Å². The molecule has 0 unspecified atom stereocenters. The Bertz CT molecular complexity index is 787. The van der Waals surface area contributed by atoms with Crippen LogP contribution in [0.15, 0.2) is 18.2 Å². The van der Waals surface area contributed by atoms with Crippen LogP contribution < -0.4 is 9.47 Å². The average molecular weight is 470 g/mol. The van der Waals surface area contributed by atoms with Crippen LogP contribution in [0.25, 0.3) is 0 Å². The standard InChI is InChI=1S/C23H35NO5S2/c1-21(2,3)29-20(25)24-17(15-28-22(24,4)5)14-23(30-11-8-12-31-23)16-9-10-18(26-6)19(13-16)27-7/h9-10,13,17H,8,11-12,14-15H2,1-7H3/t17-/m0/s1. The highest BCUT2D eigenvalue weighted by atomic mass is 32.2. The molecule has 0 saturated carbocycles. The van der Waals surface area contributed by atoms with Crippen molar-refractivity contribution < 1.29 is 23.7 Å². The Labute approximate surface area is 194 Å². The van der Waals surface area contributed by atoms with E-state index in [1.165, 1.54) is 12.0 Å². The van der Waals surface area contributed by atoms with Gasteiger partial charge in [-0.3, -0.25) is 4.90 Å². The summed E-state index contributed by atoms with van der Waals surface area (Å²) in [4.78, 5) is 14.9. The number of benzene rings is 1. The third-order valence-electron chi connectivity index (χ3n) is 5.45. The monoisotopic (exact) mass is 469 g/mol. The lowest BCUT2D eigenvalue weighted by Gasteiger charge is -2.41. The molecule has 1 aromatic rings. The molecule has 1 amide bonds. The van der Waals surface area contributed by atoms with Crippen LogP contribution in [-0.4, -0.2) is 60.7 Å². The molecule has 2 saturated heterocycles. The maximum absolute atomic E-state index is 13.1. The average Bonchev–Trinajstić information content (AvgIpc) is 3.00. The van der Waals surface area contributed by atoms with Crippen LogP contribution in [0.4, 0.5) is 4.79 Å². The molecule has 6 nitrogen and oxygen atoms in total. The first-order chi connectivity index (χ1) is 14.5. The fourth-order valence-electron chi connectivity index (χ4n) is 4.07. The van der Waals surface area contributed by atoms with E-state index in [0.717, 1.165) is 23.7 Å². The molecule has 1 atom stereocenters. The van der Waals surface area contributed by atoms with Gasteiger partial charge in [-0.1, -0.05) is 6.07 Å². The van der Waals surface area contributed by atoms with E-state index in [-0.39, 0.29) is 16.2 Å². The van der Waals surface area contributed by atoms with Crippen LogP contribution in [0.2, 0.25) is 0 Å². The number of ether oxygens (including phenoxy) is 4. The fourth-order valence-corrected chi connectivity index (χ4v) is 7.54. The molecule has 1 aromatic carbocycles. The number of carbonyl (C=O) groups excluding carboxylic acids is 1. The van der Waals surface area contributed by atoms with Crippen LogP contribution in [-0.2, 0) is 13.6 Å². The van der Waals surface area contributed by atoms with Crippen molar-refractivity contribution in [1.29, 1.82) is 0 Å². The van der Waals surface area contributed by atoms with Crippen molar-refractivity contribution in [3.05, 3.63) is 23.8 Å². The lowest BCUT2D eigenvalue weighted by atomic mass is 10.0. The third-order valence-corrected chi connectivity index (χ3v) is 8.88. The first-order valence-corrected chi connectivity index (χ1v) is 12.7. The maximum atomic E-state index is 13.1. The van der Waals surface area contributed by atoms with E-state index >= 15 is 0 Å². The van der Waals surface area contributed by atoms with Gasteiger partial charge in [-0.2, -0.15) is 0 Å². The summed E-state index contributed by atoms with van der Waals surface area (Å²) in [6, 6.07) is 6.07. The quantitative estimate of drug-likeness (QED) is 0.565.